The summed E-state index contributed by atoms with van der Waals surface area (Å²) in [5.41, 5.74) is 2.54. The maximum atomic E-state index is 15.1. The summed E-state index contributed by atoms with van der Waals surface area (Å²) in [5, 5.41) is 17.5. The van der Waals surface area contributed by atoms with Crippen LogP contribution in [0.2, 0.25) is 10.2 Å². The Balaban J connectivity index is 1.21. The van der Waals surface area contributed by atoms with Gasteiger partial charge < -0.3 is 24.8 Å². The zero-order valence-electron chi connectivity index (χ0n) is 23.6. The molecule has 0 amide bonds. The van der Waals surface area contributed by atoms with Gasteiger partial charge >= 0.3 is 0 Å². The Bertz CT molecular complexity index is 1700. The number of benzene rings is 2. The number of rotatable bonds is 9. The van der Waals surface area contributed by atoms with E-state index < -0.39 is 5.82 Å². The summed E-state index contributed by atoms with van der Waals surface area (Å²) in [4.78, 5) is 8.63. The molecule has 8 nitrogen and oxygen atoms in total. The number of nitriles is 1. The first kappa shape index (κ1) is 29.2. The summed E-state index contributed by atoms with van der Waals surface area (Å²) >= 11 is 12.5. The Labute approximate surface area is 259 Å². The van der Waals surface area contributed by atoms with Gasteiger partial charge in [0.05, 0.1) is 46.9 Å². The molecule has 0 atom stereocenters. The molecule has 0 unspecified atom stereocenters. The number of fused-ring (bicyclic) bond motifs is 1. The van der Waals surface area contributed by atoms with Crippen LogP contribution in [0.3, 0.4) is 0 Å². The molecule has 1 saturated heterocycles. The van der Waals surface area contributed by atoms with Gasteiger partial charge in [0.25, 0.3) is 0 Å². The molecule has 1 spiro atoms. The Morgan fingerprint density at radius 1 is 1.09 bits per heavy atom. The summed E-state index contributed by atoms with van der Waals surface area (Å²) in [6, 6.07) is 13.4. The lowest BCUT2D eigenvalue weighted by Gasteiger charge is -2.50. The van der Waals surface area contributed by atoms with Gasteiger partial charge in [0.1, 0.15) is 17.8 Å². The van der Waals surface area contributed by atoms with E-state index in [1.165, 1.54) is 44.0 Å². The third kappa shape index (κ3) is 6.28. The number of nitrogens with zero attached hydrogens (tertiary/aromatic N) is 3. The Morgan fingerprint density at radius 2 is 1.91 bits per heavy atom. The second-order valence-corrected chi connectivity index (χ2v) is 11.9. The summed E-state index contributed by atoms with van der Waals surface area (Å²) in [6.45, 7) is 2.80. The quantitative estimate of drug-likeness (QED) is 0.186. The highest BCUT2D eigenvalue weighted by atomic mass is 35.5. The number of piperidine rings is 1. The van der Waals surface area contributed by atoms with Gasteiger partial charge in [-0.15, -0.1) is 0 Å². The lowest BCUT2D eigenvalue weighted by molar-refractivity contribution is -0.00241. The summed E-state index contributed by atoms with van der Waals surface area (Å²) in [6.07, 6.45) is 6.29. The van der Waals surface area contributed by atoms with Crippen molar-refractivity contribution >= 4 is 45.5 Å². The van der Waals surface area contributed by atoms with Gasteiger partial charge in [-0.3, -0.25) is 4.98 Å². The Hall–Kier alpha value is -3.84. The van der Waals surface area contributed by atoms with Gasteiger partial charge in [0.15, 0.2) is 23.1 Å². The lowest BCUT2D eigenvalue weighted by atomic mass is 9.58. The maximum absolute atomic E-state index is 15.1. The third-order valence-corrected chi connectivity index (χ3v) is 8.81. The minimum atomic E-state index is -0.638. The summed E-state index contributed by atoms with van der Waals surface area (Å²) in [7, 11) is 1.57. The molecular formula is C32H30Cl2FN5O3. The summed E-state index contributed by atoms with van der Waals surface area (Å²) < 4.78 is 32.6. The fraction of sp³-hybridized carbons (Fsp3) is 0.344. The molecule has 0 bridgehead atoms. The predicted molar refractivity (Wildman–Crippen MR) is 164 cm³/mol. The smallest absolute Gasteiger partial charge is 0.167 e. The first-order valence-corrected chi connectivity index (χ1v) is 14.9. The third-order valence-electron chi connectivity index (χ3n) is 8.29. The molecule has 3 heterocycles. The highest BCUT2D eigenvalue weighted by Crippen LogP contribution is 2.52. The van der Waals surface area contributed by atoms with Crippen LogP contribution >= 0.6 is 23.2 Å². The fourth-order valence-electron chi connectivity index (χ4n) is 6.10. The van der Waals surface area contributed by atoms with Crippen molar-refractivity contribution in [1.82, 2.24) is 15.3 Å². The van der Waals surface area contributed by atoms with Crippen molar-refractivity contribution in [2.24, 2.45) is 11.3 Å². The van der Waals surface area contributed by atoms with Crippen LogP contribution < -0.4 is 24.8 Å². The van der Waals surface area contributed by atoms with Crippen molar-refractivity contribution in [3.05, 3.63) is 75.9 Å². The monoisotopic (exact) mass is 621 g/mol. The largest absolute Gasteiger partial charge is 0.493 e. The van der Waals surface area contributed by atoms with Crippen LogP contribution in [0, 0.1) is 28.5 Å². The van der Waals surface area contributed by atoms with E-state index in [0.29, 0.717) is 56.9 Å². The number of anilines is 2. The van der Waals surface area contributed by atoms with E-state index in [4.69, 9.17) is 37.4 Å². The van der Waals surface area contributed by atoms with E-state index in [-0.39, 0.29) is 28.6 Å². The standard InChI is InChI=1S/C32H30Cl2FN5O3/c1-41-28-9-22-25(12-29(28)42-17-19-13-32(14-19)5-7-37-8-6-32)38-16-20(15-36)31(22)40-26-11-24(35)27(10-23(26)33)43-18-21-3-2-4-30(34)39-21/h2-4,9-12,16,19,37H,5-8,13-14,17-18H2,1H3,(H,38,40). The SMILES string of the molecule is COc1cc2c(Nc3cc(F)c(OCc4cccc(Cl)n4)cc3Cl)c(C#N)cnc2cc1OCC1CC2(CCNCC2)C1. The van der Waals surface area contributed by atoms with Crippen molar-refractivity contribution in [1.29, 1.82) is 5.26 Å². The highest BCUT2D eigenvalue weighted by molar-refractivity contribution is 6.33. The molecule has 11 heteroatoms. The number of hydrogen-bond donors (Lipinski definition) is 2. The molecule has 1 saturated carbocycles. The molecule has 2 N–H and O–H groups in total. The number of methoxy groups -OCH3 is 1. The topological polar surface area (TPSA) is 101 Å². The molecule has 4 aromatic rings. The van der Waals surface area contributed by atoms with Crippen molar-refractivity contribution in [2.75, 3.05) is 32.1 Å². The van der Waals surface area contributed by atoms with Gasteiger partial charge in [-0.1, -0.05) is 29.3 Å². The first-order chi connectivity index (χ1) is 20.9. The number of hydrogen-bond acceptors (Lipinski definition) is 8. The number of nitrogens with one attached hydrogen (secondary N) is 2. The fourth-order valence-corrected chi connectivity index (χ4v) is 6.48. The van der Waals surface area contributed by atoms with Crippen molar-refractivity contribution in [3.8, 4) is 23.3 Å². The van der Waals surface area contributed by atoms with Gasteiger partial charge in [-0.2, -0.15) is 5.26 Å². The minimum absolute atomic E-state index is 0.0114. The molecule has 0 radical (unpaired) electrons. The molecule has 2 aromatic carbocycles. The van der Waals surface area contributed by atoms with E-state index in [9.17, 15) is 5.26 Å². The van der Waals surface area contributed by atoms with Crippen molar-refractivity contribution in [2.45, 2.75) is 32.3 Å². The van der Waals surface area contributed by atoms with Gasteiger partial charge in [-0.05, 0) is 68.3 Å². The van der Waals surface area contributed by atoms with Crippen LogP contribution in [0.1, 0.15) is 36.9 Å². The van der Waals surface area contributed by atoms with Crippen LogP contribution in [-0.4, -0.2) is 36.8 Å². The zero-order chi connectivity index (χ0) is 30.0. The molecule has 43 heavy (non-hydrogen) atoms. The Kier molecular flexibility index (Phi) is 8.44. The van der Waals surface area contributed by atoms with Crippen LogP contribution in [0.4, 0.5) is 15.8 Å². The predicted octanol–water partition coefficient (Wildman–Crippen LogP) is 7.44. The number of halogens is 3. The molecule has 2 aliphatic rings. The second kappa shape index (κ2) is 12.4. The highest BCUT2D eigenvalue weighted by Gasteiger charge is 2.44. The molecule has 222 valence electrons. The van der Waals surface area contributed by atoms with Crippen molar-refractivity contribution < 1.29 is 18.6 Å². The number of ether oxygens (including phenoxy) is 3. The Morgan fingerprint density at radius 3 is 2.65 bits per heavy atom. The molecule has 6 rings (SSSR count). The van der Waals surface area contributed by atoms with Crippen LogP contribution in [0.15, 0.2) is 48.7 Å². The van der Waals surface area contributed by atoms with Crippen LogP contribution in [0.5, 0.6) is 17.2 Å². The van der Waals surface area contributed by atoms with Crippen molar-refractivity contribution in [3.63, 3.8) is 0 Å². The van der Waals surface area contributed by atoms with Crippen LogP contribution in [-0.2, 0) is 6.61 Å². The van der Waals surface area contributed by atoms with Gasteiger partial charge in [0.2, 0.25) is 0 Å². The number of aromatic nitrogens is 2. The van der Waals surface area contributed by atoms with Gasteiger partial charge in [-0.25, -0.2) is 9.37 Å². The molecule has 2 aromatic heterocycles. The second-order valence-electron chi connectivity index (χ2n) is 11.1. The molecule has 1 aliphatic carbocycles. The molecular weight excluding hydrogens is 592 g/mol. The zero-order valence-corrected chi connectivity index (χ0v) is 25.1. The van der Waals surface area contributed by atoms with E-state index >= 15 is 4.39 Å². The average Bonchev–Trinajstić information content (AvgIpc) is 3.00. The maximum Gasteiger partial charge on any atom is 0.167 e. The van der Waals surface area contributed by atoms with E-state index in [0.717, 1.165) is 13.1 Å². The molecule has 2 fully saturated rings. The van der Waals surface area contributed by atoms with Gasteiger partial charge in [0, 0.05) is 29.8 Å². The molecule has 1 aliphatic heterocycles. The summed E-state index contributed by atoms with van der Waals surface area (Å²) in [5.74, 6) is 0.929. The minimum Gasteiger partial charge on any atom is -0.493 e. The van der Waals surface area contributed by atoms with E-state index in [1.54, 1.807) is 31.4 Å². The number of pyridine rings is 2. The lowest BCUT2D eigenvalue weighted by Crippen LogP contribution is -2.46. The van der Waals surface area contributed by atoms with E-state index in [1.807, 2.05) is 6.07 Å². The first-order valence-electron chi connectivity index (χ1n) is 14.1. The van der Waals surface area contributed by atoms with Crippen LogP contribution in [0.25, 0.3) is 10.9 Å². The van der Waals surface area contributed by atoms with E-state index in [2.05, 4.69) is 26.7 Å². The average molecular weight is 623 g/mol. The normalized spacial score (nSPS) is 16.0.